The fraction of sp³-hybridized carbons (Fsp3) is 0.833. The predicted octanol–water partition coefficient (Wildman–Crippen LogP) is -0.620. The average Bonchev–Trinajstić information content (AvgIpc) is 3.16. The first-order valence-corrected chi connectivity index (χ1v) is 9.82. The zero-order valence-corrected chi connectivity index (χ0v) is 17.2. The second-order valence-electron chi connectivity index (χ2n) is 6.08. The number of ether oxygens (including phenoxy) is 5. The Labute approximate surface area is 171 Å². The van der Waals surface area contributed by atoms with Crippen LogP contribution in [0.15, 0.2) is 6.20 Å². The average molecular weight is 418 g/mol. The Hall–Kier alpha value is -1.63. The Morgan fingerprint density at radius 1 is 1.03 bits per heavy atom. The van der Waals surface area contributed by atoms with Gasteiger partial charge in [0.2, 0.25) is 5.91 Å². The van der Waals surface area contributed by atoms with E-state index in [0.717, 1.165) is 25.1 Å². The summed E-state index contributed by atoms with van der Waals surface area (Å²) in [6.07, 6.45) is 3.48. The van der Waals surface area contributed by atoms with Crippen LogP contribution in [0.3, 0.4) is 0 Å². The Bertz CT molecular complexity index is 516. The monoisotopic (exact) mass is 418 g/mol. The van der Waals surface area contributed by atoms with Gasteiger partial charge in [-0.05, 0) is 12.8 Å². The van der Waals surface area contributed by atoms with Crippen LogP contribution in [-0.4, -0.2) is 99.1 Å². The van der Waals surface area contributed by atoms with Crippen molar-refractivity contribution in [2.75, 3.05) is 73.1 Å². The molecular weight excluding hydrogens is 384 g/mol. The van der Waals surface area contributed by atoms with E-state index in [2.05, 4.69) is 15.6 Å². The molecule has 0 fully saturated rings. The smallest absolute Gasteiger partial charge is 0.246 e. The summed E-state index contributed by atoms with van der Waals surface area (Å²) in [6.45, 7) is 5.12. The Morgan fingerprint density at radius 3 is 2.34 bits per heavy atom. The highest BCUT2D eigenvalue weighted by atomic mass is 16.6. The lowest BCUT2D eigenvalue weighted by atomic mass is 10.3. The van der Waals surface area contributed by atoms with Crippen molar-refractivity contribution >= 4 is 5.91 Å². The molecule has 0 bridgehead atoms. The van der Waals surface area contributed by atoms with E-state index < -0.39 is 0 Å². The first-order valence-electron chi connectivity index (χ1n) is 9.82. The van der Waals surface area contributed by atoms with Crippen molar-refractivity contribution in [2.24, 2.45) is 0 Å². The molecule has 0 saturated heterocycles. The van der Waals surface area contributed by atoms with E-state index in [1.54, 1.807) is 4.68 Å². The second-order valence-corrected chi connectivity index (χ2v) is 6.08. The van der Waals surface area contributed by atoms with E-state index in [1.807, 2.05) is 6.20 Å². The summed E-state index contributed by atoms with van der Waals surface area (Å²) >= 11 is 0. The normalized spacial score (nSPS) is 11.1. The van der Waals surface area contributed by atoms with Gasteiger partial charge in [0.1, 0.15) is 12.3 Å². The van der Waals surface area contributed by atoms with Gasteiger partial charge < -0.3 is 34.1 Å². The fourth-order valence-electron chi connectivity index (χ4n) is 2.18. The van der Waals surface area contributed by atoms with Crippen LogP contribution in [0.5, 0.6) is 0 Å². The van der Waals surface area contributed by atoms with E-state index in [4.69, 9.17) is 28.8 Å². The SMILES string of the molecule is COCC(=O)NCCOCCOCCOCCOCc1cn(CCCCO)nn1. The van der Waals surface area contributed by atoms with Crippen LogP contribution >= 0.6 is 0 Å². The van der Waals surface area contributed by atoms with E-state index >= 15 is 0 Å². The number of carbonyl (C=O) groups excluding carboxylic acids is 1. The minimum atomic E-state index is -0.158. The molecule has 1 rings (SSSR count). The maximum absolute atomic E-state index is 11.1. The van der Waals surface area contributed by atoms with Crippen molar-refractivity contribution in [2.45, 2.75) is 26.0 Å². The van der Waals surface area contributed by atoms with E-state index in [9.17, 15) is 4.79 Å². The number of nitrogens with zero attached hydrogens (tertiary/aromatic N) is 3. The first kappa shape index (κ1) is 25.4. The molecule has 0 unspecified atom stereocenters. The van der Waals surface area contributed by atoms with Gasteiger partial charge in [-0.25, -0.2) is 0 Å². The van der Waals surface area contributed by atoms with Crippen LogP contribution in [0.4, 0.5) is 0 Å². The lowest BCUT2D eigenvalue weighted by molar-refractivity contribution is -0.125. The molecule has 29 heavy (non-hydrogen) atoms. The van der Waals surface area contributed by atoms with Gasteiger partial charge in [0.15, 0.2) is 0 Å². The van der Waals surface area contributed by atoms with Crippen molar-refractivity contribution in [3.63, 3.8) is 0 Å². The molecule has 0 atom stereocenters. The van der Waals surface area contributed by atoms with Crippen molar-refractivity contribution in [3.8, 4) is 0 Å². The van der Waals surface area contributed by atoms with E-state index in [-0.39, 0.29) is 19.1 Å². The zero-order chi connectivity index (χ0) is 21.0. The van der Waals surface area contributed by atoms with Gasteiger partial charge in [-0.2, -0.15) is 0 Å². The molecule has 0 saturated carbocycles. The molecule has 1 amide bonds. The third kappa shape index (κ3) is 14.9. The Morgan fingerprint density at radius 2 is 1.69 bits per heavy atom. The maximum Gasteiger partial charge on any atom is 0.246 e. The molecule has 0 aliphatic carbocycles. The molecule has 2 N–H and O–H groups in total. The number of nitrogens with one attached hydrogen (secondary N) is 1. The number of amides is 1. The second kappa shape index (κ2) is 18.4. The molecule has 0 radical (unpaired) electrons. The van der Waals surface area contributed by atoms with E-state index in [0.29, 0.717) is 59.4 Å². The highest BCUT2D eigenvalue weighted by Crippen LogP contribution is 1.98. The van der Waals surface area contributed by atoms with Crippen molar-refractivity contribution in [1.82, 2.24) is 20.3 Å². The van der Waals surface area contributed by atoms with Crippen LogP contribution in [0.25, 0.3) is 0 Å². The van der Waals surface area contributed by atoms with Crippen LogP contribution in [0.2, 0.25) is 0 Å². The molecule has 0 aliphatic rings. The number of hydrogen-bond donors (Lipinski definition) is 2. The number of rotatable bonds is 20. The Balaban J connectivity index is 1.81. The summed E-state index contributed by atoms with van der Waals surface area (Å²) in [5, 5.41) is 19.5. The molecule has 1 aromatic heterocycles. The van der Waals surface area contributed by atoms with Gasteiger partial charge in [0.25, 0.3) is 0 Å². The summed E-state index contributed by atoms with van der Waals surface area (Å²) in [5.74, 6) is -0.158. The van der Waals surface area contributed by atoms with Crippen LogP contribution in [-0.2, 0) is 41.6 Å². The van der Waals surface area contributed by atoms with Crippen LogP contribution < -0.4 is 5.32 Å². The number of aryl methyl sites for hydroxylation is 1. The number of unbranched alkanes of at least 4 members (excludes halogenated alkanes) is 1. The van der Waals surface area contributed by atoms with E-state index in [1.165, 1.54) is 7.11 Å². The molecule has 1 aromatic rings. The minimum Gasteiger partial charge on any atom is -0.396 e. The third-order valence-electron chi connectivity index (χ3n) is 3.59. The summed E-state index contributed by atoms with van der Waals surface area (Å²) in [4.78, 5) is 11.1. The van der Waals surface area contributed by atoms with Gasteiger partial charge in [-0.3, -0.25) is 9.48 Å². The predicted molar refractivity (Wildman–Crippen MR) is 103 cm³/mol. The minimum absolute atomic E-state index is 0.0574. The van der Waals surface area contributed by atoms with Crippen LogP contribution in [0.1, 0.15) is 18.5 Å². The molecule has 11 nitrogen and oxygen atoms in total. The first-order chi connectivity index (χ1) is 14.3. The quantitative estimate of drug-likeness (QED) is 0.266. The lowest BCUT2D eigenvalue weighted by Gasteiger charge is -2.07. The standard InChI is InChI=1S/C18H34N4O7/c1-25-16-18(24)19-4-7-26-8-9-27-10-11-28-12-13-29-15-17-14-22(21-20-17)5-2-3-6-23/h14,23H,2-13,15-16H2,1H3,(H,19,24). The summed E-state index contributed by atoms with van der Waals surface area (Å²) in [5.41, 5.74) is 0.774. The van der Waals surface area contributed by atoms with Gasteiger partial charge in [-0.1, -0.05) is 5.21 Å². The number of aromatic nitrogens is 3. The van der Waals surface area contributed by atoms with Gasteiger partial charge >= 0.3 is 0 Å². The number of aliphatic hydroxyl groups excluding tert-OH is 1. The van der Waals surface area contributed by atoms with Crippen molar-refractivity contribution < 1.29 is 33.6 Å². The van der Waals surface area contributed by atoms with Gasteiger partial charge in [-0.15, -0.1) is 5.10 Å². The molecule has 11 heteroatoms. The molecule has 0 aromatic carbocycles. The van der Waals surface area contributed by atoms with Crippen LogP contribution in [0, 0.1) is 0 Å². The number of hydrogen-bond acceptors (Lipinski definition) is 9. The highest BCUT2D eigenvalue weighted by Gasteiger charge is 2.01. The van der Waals surface area contributed by atoms with Gasteiger partial charge in [0, 0.05) is 26.8 Å². The largest absolute Gasteiger partial charge is 0.396 e. The molecule has 0 aliphatic heterocycles. The zero-order valence-electron chi connectivity index (χ0n) is 17.2. The summed E-state index contributed by atoms with van der Waals surface area (Å²) < 4.78 is 28.1. The highest BCUT2D eigenvalue weighted by molar-refractivity contribution is 5.77. The third-order valence-corrected chi connectivity index (χ3v) is 3.59. The number of carbonyl (C=O) groups is 1. The van der Waals surface area contributed by atoms with Gasteiger partial charge in [0.05, 0.1) is 59.1 Å². The van der Waals surface area contributed by atoms with Crippen molar-refractivity contribution in [3.05, 3.63) is 11.9 Å². The number of aliphatic hydroxyl groups is 1. The van der Waals surface area contributed by atoms with Crippen molar-refractivity contribution in [1.29, 1.82) is 0 Å². The number of methoxy groups -OCH3 is 1. The Kier molecular flexibility index (Phi) is 16.1. The lowest BCUT2D eigenvalue weighted by Crippen LogP contribution is -2.30. The summed E-state index contributed by atoms with van der Waals surface area (Å²) in [6, 6.07) is 0. The fourth-order valence-corrected chi connectivity index (χ4v) is 2.18. The molecule has 0 spiro atoms. The molecule has 1 heterocycles. The summed E-state index contributed by atoms with van der Waals surface area (Å²) in [7, 11) is 1.47. The topological polar surface area (TPSA) is 126 Å². The molecular formula is C18H34N4O7. The molecule has 168 valence electrons. The maximum atomic E-state index is 11.1.